The lowest BCUT2D eigenvalue weighted by Crippen LogP contribution is -2.41. The molecule has 1 aromatic carbocycles. The van der Waals surface area contributed by atoms with Gasteiger partial charge in [0.25, 0.3) is 5.91 Å². The molecule has 0 unspecified atom stereocenters. The van der Waals surface area contributed by atoms with E-state index in [0.717, 1.165) is 19.3 Å². The number of rotatable bonds is 7. The summed E-state index contributed by atoms with van der Waals surface area (Å²) < 4.78 is 0. The Morgan fingerprint density at radius 3 is 2.45 bits per heavy atom. The molecule has 0 bridgehead atoms. The van der Waals surface area contributed by atoms with Crippen LogP contribution >= 0.6 is 11.6 Å². The standard InChI is InChI=1S/C15H21ClN2O2/c1-2-3-4-5-6-11-14(19)17-18-15(20)12-9-7-8-10-13(12)16/h7-10H,2-6,11H2,1H3,(H,17,19)(H,18,20). The molecule has 1 rings (SSSR count). The number of unbranched alkanes of at least 4 members (excludes halogenated alkanes) is 4. The van der Waals surface area contributed by atoms with Crippen LogP contribution in [0.4, 0.5) is 0 Å². The maximum absolute atomic E-state index is 11.8. The van der Waals surface area contributed by atoms with Crippen LogP contribution in [0.1, 0.15) is 55.8 Å². The van der Waals surface area contributed by atoms with E-state index in [2.05, 4.69) is 17.8 Å². The molecule has 20 heavy (non-hydrogen) atoms. The first kappa shape index (κ1) is 16.5. The third kappa shape index (κ3) is 6.06. The van der Waals surface area contributed by atoms with Crippen molar-refractivity contribution in [2.45, 2.75) is 45.4 Å². The Hall–Kier alpha value is -1.55. The third-order valence-electron chi connectivity index (χ3n) is 2.94. The predicted molar refractivity (Wildman–Crippen MR) is 80.4 cm³/mol. The van der Waals surface area contributed by atoms with Crippen molar-refractivity contribution in [2.24, 2.45) is 0 Å². The normalized spacial score (nSPS) is 10.1. The number of carbonyl (C=O) groups is 2. The van der Waals surface area contributed by atoms with E-state index in [9.17, 15) is 9.59 Å². The van der Waals surface area contributed by atoms with Crippen molar-refractivity contribution in [1.29, 1.82) is 0 Å². The number of benzene rings is 1. The summed E-state index contributed by atoms with van der Waals surface area (Å²) in [6.07, 6.45) is 5.83. The number of halogens is 1. The highest BCUT2D eigenvalue weighted by Gasteiger charge is 2.10. The molecule has 5 heteroatoms. The van der Waals surface area contributed by atoms with Crippen LogP contribution in [0.2, 0.25) is 5.02 Å². The Bertz CT molecular complexity index is 449. The molecule has 0 spiro atoms. The van der Waals surface area contributed by atoms with Gasteiger partial charge in [-0.2, -0.15) is 0 Å². The number of hydrazine groups is 1. The third-order valence-corrected chi connectivity index (χ3v) is 3.27. The van der Waals surface area contributed by atoms with Crippen molar-refractivity contribution in [1.82, 2.24) is 10.9 Å². The molecule has 0 heterocycles. The van der Waals surface area contributed by atoms with Gasteiger partial charge in [0.15, 0.2) is 0 Å². The van der Waals surface area contributed by atoms with Crippen LogP contribution in [0.3, 0.4) is 0 Å². The molecule has 0 fully saturated rings. The van der Waals surface area contributed by atoms with Crippen molar-refractivity contribution in [3.63, 3.8) is 0 Å². The summed E-state index contributed by atoms with van der Waals surface area (Å²) >= 11 is 5.89. The summed E-state index contributed by atoms with van der Waals surface area (Å²) in [5.74, 6) is -0.586. The van der Waals surface area contributed by atoms with Gasteiger partial charge in [-0.05, 0) is 18.6 Å². The topological polar surface area (TPSA) is 58.2 Å². The summed E-state index contributed by atoms with van der Waals surface area (Å²) in [4.78, 5) is 23.3. The average molecular weight is 297 g/mol. The second-order valence-corrected chi connectivity index (χ2v) is 5.05. The lowest BCUT2D eigenvalue weighted by atomic mass is 10.1. The van der Waals surface area contributed by atoms with Gasteiger partial charge in [-0.15, -0.1) is 0 Å². The Labute approximate surface area is 124 Å². The fourth-order valence-electron chi connectivity index (χ4n) is 1.79. The Balaban J connectivity index is 2.24. The van der Waals surface area contributed by atoms with Crippen LogP contribution < -0.4 is 10.9 Å². The minimum Gasteiger partial charge on any atom is -0.273 e. The molecule has 0 radical (unpaired) electrons. The van der Waals surface area contributed by atoms with E-state index in [1.807, 2.05) is 0 Å². The monoisotopic (exact) mass is 296 g/mol. The van der Waals surface area contributed by atoms with Crippen molar-refractivity contribution < 1.29 is 9.59 Å². The molecular formula is C15H21ClN2O2. The van der Waals surface area contributed by atoms with Gasteiger partial charge < -0.3 is 0 Å². The van der Waals surface area contributed by atoms with Crippen LogP contribution in [0.5, 0.6) is 0 Å². The van der Waals surface area contributed by atoms with Crippen LogP contribution in [-0.2, 0) is 4.79 Å². The highest BCUT2D eigenvalue weighted by atomic mass is 35.5. The molecular weight excluding hydrogens is 276 g/mol. The van der Waals surface area contributed by atoms with Crippen molar-refractivity contribution in [3.8, 4) is 0 Å². The first-order valence-corrected chi connectivity index (χ1v) is 7.36. The zero-order valence-electron chi connectivity index (χ0n) is 11.7. The Morgan fingerprint density at radius 1 is 1.05 bits per heavy atom. The van der Waals surface area contributed by atoms with Gasteiger partial charge in [0, 0.05) is 6.42 Å². The van der Waals surface area contributed by atoms with Gasteiger partial charge in [0.05, 0.1) is 10.6 Å². The summed E-state index contributed by atoms with van der Waals surface area (Å²) in [6, 6.07) is 6.70. The van der Waals surface area contributed by atoms with E-state index < -0.39 is 5.91 Å². The van der Waals surface area contributed by atoms with E-state index in [-0.39, 0.29) is 5.91 Å². The van der Waals surface area contributed by atoms with E-state index in [1.54, 1.807) is 24.3 Å². The molecule has 0 aliphatic heterocycles. The van der Waals surface area contributed by atoms with E-state index in [0.29, 0.717) is 17.0 Å². The van der Waals surface area contributed by atoms with Gasteiger partial charge in [-0.25, -0.2) is 0 Å². The highest BCUT2D eigenvalue weighted by molar-refractivity contribution is 6.33. The minimum atomic E-state index is -0.407. The molecule has 0 atom stereocenters. The average Bonchev–Trinajstić information content (AvgIpc) is 2.45. The Kier molecular flexibility index (Phi) is 7.73. The predicted octanol–water partition coefficient (Wildman–Crippen LogP) is 3.46. The summed E-state index contributed by atoms with van der Waals surface area (Å²) in [7, 11) is 0. The molecule has 0 aromatic heterocycles. The molecule has 2 N–H and O–H groups in total. The molecule has 0 saturated heterocycles. The smallest absolute Gasteiger partial charge is 0.271 e. The van der Waals surface area contributed by atoms with Crippen molar-refractivity contribution >= 4 is 23.4 Å². The first-order chi connectivity index (χ1) is 9.65. The van der Waals surface area contributed by atoms with Crippen LogP contribution in [0.25, 0.3) is 0 Å². The fraction of sp³-hybridized carbons (Fsp3) is 0.467. The van der Waals surface area contributed by atoms with E-state index in [4.69, 9.17) is 11.6 Å². The number of nitrogens with one attached hydrogen (secondary N) is 2. The lowest BCUT2D eigenvalue weighted by Gasteiger charge is -2.08. The van der Waals surface area contributed by atoms with Gasteiger partial charge >= 0.3 is 0 Å². The molecule has 0 saturated carbocycles. The fourth-order valence-corrected chi connectivity index (χ4v) is 2.01. The molecule has 1 aromatic rings. The van der Waals surface area contributed by atoms with E-state index in [1.165, 1.54) is 12.8 Å². The maximum Gasteiger partial charge on any atom is 0.271 e. The van der Waals surface area contributed by atoms with Gasteiger partial charge in [0.2, 0.25) is 5.91 Å². The highest BCUT2D eigenvalue weighted by Crippen LogP contribution is 2.14. The maximum atomic E-state index is 11.8. The molecule has 4 nitrogen and oxygen atoms in total. The molecule has 0 aliphatic rings. The minimum absolute atomic E-state index is 0.179. The molecule has 110 valence electrons. The van der Waals surface area contributed by atoms with Gasteiger partial charge in [-0.1, -0.05) is 56.3 Å². The summed E-state index contributed by atoms with van der Waals surface area (Å²) in [6.45, 7) is 2.15. The second kappa shape index (κ2) is 9.37. The zero-order chi connectivity index (χ0) is 14.8. The van der Waals surface area contributed by atoms with Gasteiger partial charge in [0.1, 0.15) is 0 Å². The second-order valence-electron chi connectivity index (χ2n) is 4.65. The van der Waals surface area contributed by atoms with E-state index >= 15 is 0 Å². The zero-order valence-corrected chi connectivity index (χ0v) is 12.5. The summed E-state index contributed by atoms with van der Waals surface area (Å²) in [5.41, 5.74) is 5.12. The van der Waals surface area contributed by atoms with Crippen molar-refractivity contribution in [2.75, 3.05) is 0 Å². The number of carbonyl (C=O) groups excluding carboxylic acids is 2. The van der Waals surface area contributed by atoms with Crippen molar-refractivity contribution in [3.05, 3.63) is 34.9 Å². The number of hydrogen-bond acceptors (Lipinski definition) is 2. The summed E-state index contributed by atoms with van der Waals surface area (Å²) in [5, 5.41) is 0.360. The largest absolute Gasteiger partial charge is 0.273 e. The number of hydrogen-bond donors (Lipinski definition) is 2. The Morgan fingerprint density at radius 2 is 1.75 bits per heavy atom. The van der Waals surface area contributed by atoms with Crippen LogP contribution in [0.15, 0.2) is 24.3 Å². The first-order valence-electron chi connectivity index (χ1n) is 6.99. The van der Waals surface area contributed by atoms with Crippen LogP contribution in [-0.4, -0.2) is 11.8 Å². The SMILES string of the molecule is CCCCCCCC(=O)NNC(=O)c1ccccc1Cl. The quantitative estimate of drug-likeness (QED) is 0.598. The molecule has 2 amide bonds. The number of amides is 2. The molecule has 0 aliphatic carbocycles. The lowest BCUT2D eigenvalue weighted by molar-refractivity contribution is -0.122. The van der Waals surface area contributed by atoms with Gasteiger partial charge in [-0.3, -0.25) is 20.4 Å². The van der Waals surface area contributed by atoms with Crippen LogP contribution in [0, 0.1) is 0 Å².